The lowest BCUT2D eigenvalue weighted by molar-refractivity contribution is -0.126. The van der Waals surface area contributed by atoms with Gasteiger partial charge in [0.15, 0.2) is 0 Å². The van der Waals surface area contributed by atoms with Gasteiger partial charge in [-0.05, 0) is 69.0 Å². The second-order valence-corrected chi connectivity index (χ2v) is 8.51. The number of nitrogens with zero attached hydrogens (tertiary/aromatic N) is 1. The minimum absolute atomic E-state index is 0.0208. The van der Waals surface area contributed by atoms with Crippen molar-refractivity contribution in [2.75, 3.05) is 26.2 Å². The SMILES string of the molecule is CCCOc1ccccc1CCCNC(=O)C1CCN(Cc2c(F)cccc2Cl)CC1. The Morgan fingerprint density at radius 3 is 2.71 bits per heavy atom. The first-order valence-corrected chi connectivity index (χ1v) is 11.6. The number of nitrogens with one attached hydrogen (secondary N) is 1. The third-order valence-electron chi connectivity index (χ3n) is 5.76. The van der Waals surface area contributed by atoms with Crippen LogP contribution in [-0.2, 0) is 17.8 Å². The Morgan fingerprint density at radius 2 is 1.97 bits per heavy atom. The minimum atomic E-state index is -0.269. The van der Waals surface area contributed by atoms with Crippen molar-refractivity contribution in [1.82, 2.24) is 10.2 Å². The van der Waals surface area contributed by atoms with Gasteiger partial charge in [-0.25, -0.2) is 4.39 Å². The van der Waals surface area contributed by atoms with E-state index < -0.39 is 0 Å². The van der Waals surface area contributed by atoms with Crippen molar-refractivity contribution in [1.29, 1.82) is 0 Å². The third kappa shape index (κ3) is 6.94. The molecule has 6 heteroatoms. The first-order valence-electron chi connectivity index (χ1n) is 11.2. The predicted molar refractivity (Wildman–Crippen MR) is 123 cm³/mol. The Kier molecular flexibility index (Phi) is 9.16. The first-order chi connectivity index (χ1) is 15.1. The van der Waals surface area contributed by atoms with Crippen molar-refractivity contribution in [3.8, 4) is 5.75 Å². The summed E-state index contributed by atoms with van der Waals surface area (Å²) in [5.41, 5.74) is 1.72. The molecule has 3 rings (SSSR count). The van der Waals surface area contributed by atoms with Gasteiger partial charge in [0.25, 0.3) is 0 Å². The molecule has 0 atom stereocenters. The highest BCUT2D eigenvalue weighted by molar-refractivity contribution is 6.31. The summed E-state index contributed by atoms with van der Waals surface area (Å²) >= 11 is 6.14. The maximum absolute atomic E-state index is 14.0. The van der Waals surface area contributed by atoms with Crippen LogP contribution in [0.5, 0.6) is 5.75 Å². The molecule has 1 aliphatic rings. The third-order valence-corrected chi connectivity index (χ3v) is 6.11. The van der Waals surface area contributed by atoms with Crippen molar-refractivity contribution < 1.29 is 13.9 Å². The summed E-state index contributed by atoms with van der Waals surface area (Å²) in [6, 6.07) is 12.9. The van der Waals surface area contributed by atoms with Crippen LogP contribution in [0.25, 0.3) is 0 Å². The highest BCUT2D eigenvalue weighted by atomic mass is 35.5. The van der Waals surface area contributed by atoms with E-state index in [0.717, 1.165) is 57.6 Å². The molecule has 1 heterocycles. The molecule has 2 aromatic rings. The number of amides is 1. The number of hydrogen-bond acceptors (Lipinski definition) is 3. The standard InChI is InChI=1S/C25H32ClFN2O2/c1-2-17-31-24-11-4-3-7-19(24)8-6-14-28-25(30)20-12-15-29(16-13-20)18-21-22(26)9-5-10-23(21)27/h3-5,7,9-11,20H,2,6,8,12-18H2,1H3,(H,28,30). The summed E-state index contributed by atoms with van der Waals surface area (Å²) < 4.78 is 19.8. The topological polar surface area (TPSA) is 41.6 Å². The van der Waals surface area contributed by atoms with Crippen molar-refractivity contribution >= 4 is 17.5 Å². The number of halogens is 2. The Labute approximate surface area is 189 Å². The molecule has 1 saturated heterocycles. The zero-order valence-electron chi connectivity index (χ0n) is 18.2. The molecule has 31 heavy (non-hydrogen) atoms. The van der Waals surface area contributed by atoms with Gasteiger partial charge < -0.3 is 10.1 Å². The molecular weight excluding hydrogens is 415 g/mol. The normalized spacial score (nSPS) is 15.1. The van der Waals surface area contributed by atoms with E-state index in [4.69, 9.17) is 16.3 Å². The molecule has 1 fully saturated rings. The zero-order valence-corrected chi connectivity index (χ0v) is 19.0. The summed E-state index contributed by atoms with van der Waals surface area (Å²) in [5, 5.41) is 3.55. The quantitative estimate of drug-likeness (QED) is 0.508. The van der Waals surface area contributed by atoms with Gasteiger partial charge in [0.2, 0.25) is 5.91 Å². The molecule has 2 aromatic carbocycles. The number of hydrogen-bond donors (Lipinski definition) is 1. The van der Waals surface area contributed by atoms with Crippen molar-refractivity contribution in [3.05, 3.63) is 64.4 Å². The molecule has 4 nitrogen and oxygen atoms in total. The van der Waals surface area contributed by atoms with Crippen molar-refractivity contribution in [2.24, 2.45) is 5.92 Å². The Hall–Kier alpha value is -2.11. The number of likely N-dealkylation sites (tertiary alicyclic amines) is 1. The van der Waals surface area contributed by atoms with Gasteiger partial charge in [0.05, 0.1) is 6.61 Å². The lowest BCUT2D eigenvalue weighted by atomic mass is 9.95. The molecule has 0 aliphatic carbocycles. The van der Waals surface area contributed by atoms with Gasteiger partial charge in [0.1, 0.15) is 11.6 Å². The summed E-state index contributed by atoms with van der Waals surface area (Å²) in [6.07, 6.45) is 4.30. The van der Waals surface area contributed by atoms with E-state index in [9.17, 15) is 9.18 Å². The van der Waals surface area contributed by atoms with Crippen molar-refractivity contribution in [2.45, 2.75) is 45.6 Å². The Morgan fingerprint density at radius 1 is 1.19 bits per heavy atom. The number of para-hydroxylation sites is 1. The van der Waals surface area contributed by atoms with Crippen LogP contribution in [0.4, 0.5) is 4.39 Å². The average Bonchev–Trinajstić information content (AvgIpc) is 2.79. The van der Waals surface area contributed by atoms with E-state index in [1.165, 1.54) is 11.6 Å². The molecule has 1 amide bonds. The molecule has 1 aliphatic heterocycles. The number of benzene rings is 2. The Balaban J connectivity index is 1.38. The van der Waals surface area contributed by atoms with Gasteiger partial charge in [-0.2, -0.15) is 0 Å². The van der Waals surface area contributed by atoms with Gasteiger partial charge in [-0.15, -0.1) is 0 Å². The summed E-state index contributed by atoms with van der Waals surface area (Å²) in [4.78, 5) is 14.7. The first kappa shape index (κ1) is 23.6. The molecular formula is C25H32ClFN2O2. The fraction of sp³-hybridized carbons (Fsp3) is 0.480. The zero-order chi connectivity index (χ0) is 22.1. The lowest BCUT2D eigenvalue weighted by Crippen LogP contribution is -2.40. The Bertz CT molecular complexity index is 833. The van der Waals surface area contributed by atoms with Crippen molar-refractivity contribution in [3.63, 3.8) is 0 Å². The van der Waals surface area contributed by atoms with Gasteiger partial charge >= 0.3 is 0 Å². The predicted octanol–water partition coefficient (Wildman–Crippen LogP) is 5.23. The van der Waals surface area contributed by atoms with Gasteiger partial charge in [-0.3, -0.25) is 9.69 Å². The fourth-order valence-electron chi connectivity index (χ4n) is 3.96. The van der Waals surface area contributed by atoms with Crippen LogP contribution >= 0.6 is 11.6 Å². The van der Waals surface area contributed by atoms with E-state index in [1.807, 2.05) is 18.2 Å². The number of rotatable bonds is 10. The van der Waals surface area contributed by atoms with Crippen LogP contribution in [0, 0.1) is 11.7 Å². The maximum atomic E-state index is 14.0. The lowest BCUT2D eigenvalue weighted by Gasteiger charge is -2.31. The smallest absolute Gasteiger partial charge is 0.223 e. The van der Waals surface area contributed by atoms with Crippen LogP contribution in [0.15, 0.2) is 42.5 Å². The second kappa shape index (κ2) is 12.1. The van der Waals surface area contributed by atoms with E-state index in [-0.39, 0.29) is 17.6 Å². The van der Waals surface area contributed by atoms with E-state index in [2.05, 4.69) is 23.2 Å². The van der Waals surface area contributed by atoms with Crippen LogP contribution in [0.1, 0.15) is 43.7 Å². The molecule has 168 valence electrons. The molecule has 0 saturated carbocycles. The molecule has 0 unspecified atom stereocenters. The minimum Gasteiger partial charge on any atom is -0.493 e. The molecule has 0 bridgehead atoms. The van der Waals surface area contributed by atoms with Gasteiger partial charge in [-0.1, -0.05) is 42.8 Å². The monoisotopic (exact) mass is 446 g/mol. The van der Waals surface area contributed by atoms with E-state index >= 15 is 0 Å². The number of carbonyl (C=O) groups is 1. The van der Waals surface area contributed by atoms with Gasteiger partial charge in [0, 0.05) is 29.6 Å². The number of carbonyl (C=O) groups excluding carboxylic acids is 1. The summed E-state index contributed by atoms with van der Waals surface area (Å²) in [7, 11) is 0. The molecule has 1 N–H and O–H groups in total. The van der Waals surface area contributed by atoms with E-state index in [0.29, 0.717) is 23.7 Å². The molecule has 0 spiro atoms. The molecule has 0 radical (unpaired) electrons. The number of aryl methyl sites for hydroxylation is 1. The van der Waals surface area contributed by atoms with Crippen LogP contribution < -0.4 is 10.1 Å². The van der Waals surface area contributed by atoms with Crippen LogP contribution in [0.3, 0.4) is 0 Å². The van der Waals surface area contributed by atoms with E-state index in [1.54, 1.807) is 12.1 Å². The largest absolute Gasteiger partial charge is 0.493 e. The summed E-state index contributed by atoms with van der Waals surface area (Å²) in [6.45, 7) is 5.49. The van der Waals surface area contributed by atoms with Crippen LogP contribution in [0.2, 0.25) is 5.02 Å². The maximum Gasteiger partial charge on any atom is 0.223 e. The number of piperidine rings is 1. The molecule has 0 aromatic heterocycles. The fourth-order valence-corrected chi connectivity index (χ4v) is 4.18. The number of ether oxygens (including phenoxy) is 1. The highest BCUT2D eigenvalue weighted by Gasteiger charge is 2.25. The van der Waals surface area contributed by atoms with Crippen LogP contribution in [-0.4, -0.2) is 37.0 Å². The average molecular weight is 447 g/mol. The summed E-state index contributed by atoms with van der Waals surface area (Å²) in [5.74, 6) is 0.818. The highest BCUT2D eigenvalue weighted by Crippen LogP contribution is 2.24. The second-order valence-electron chi connectivity index (χ2n) is 8.10.